The van der Waals surface area contributed by atoms with E-state index in [-0.39, 0.29) is 6.10 Å². The first-order valence-electron chi connectivity index (χ1n) is 6.99. The van der Waals surface area contributed by atoms with Gasteiger partial charge in [-0.25, -0.2) is 0 Å². The van der Waals surface area contributed by atoms with E-state index < -0.39 is 0 Å². The number of benzene rings is 1. The first-order valence-corrected chi connectivity index (χ1v) is 6.99. The number of hydrogen-bond donors (Lipinski definition) is 1. The van der Waals surface area contributed by atoms with Gasteiger partial charge >= 0.3 is 0 Å². The number of ether oxygens (including phenoxy) is 1. The molecule has 1 aliphatic heterocycles. The van der Waals surface area contributed by atoms with Crippen LogP contribution in [0.25, 0.3) is 0 Å². The molecule has 0 radical (unpaired) electrons. The maximum atomic E-state index is 6.01. The van der Waals surface area contributed by atoms with Gasteiger partial charge in [-0.3, -0.25) is 4.90 Å². The van der Waals surface area contributed by atoms with Crippen molar-refractivity contribution in [2.75, 3.05) is 43.9 Å². The lowest BCUT2D eigenvalue weighted by Gasteiger charge is -2.37. The van der Waals surface area contributed by atoms with Crippen molar-refractivity contribution in [2.24, 2.45) is 0 Å². The normalized spacial score (nSPS) is 20.7. The van der Waals surface area contributed by atoms with Crippen LogP contribution in [0.5, 0.6) is 0 Å². The van der Waals surface area contributed by atoms with Gasteiger partial charge in [-0.2, -0.15) is 0 Å². The lowest BCUT2D eigenvalue weighted by atomic mass is 10.2. The molecule has 1 aliphatic rings. The second-order valence-corrected chi connectivity index (χ2v) is 5.52. The molecule has 1 unspecified atom stereocenters. The first-order chi connectivity index (χ1) is 9.08. The summed E-state index contributed by atoms with van der Waals surface area (Å²) in [5.74, 6) is 0. The summed E-state index contributed by atoms with van der Waals surface area (Å²) in [5.41, 5.74) is 7.91. The standard InChI is InChI=1S/C15H25N3O/c1-12(2)18-8-9-19-13(11-18)10-17(3)15-7-5-4-6-14(15)16/h4-7,12-13H,8-11,16H2,1-3H3. The Labute approximate surface area is 116 Å². The highest BCUT2D eigenvalue weighted by Crippen LogP contribution is 2.22. The average Bonchev–Trinajstić information content (AvgIpc) is 2.39. The molecule has 1 saturated heterocycles. The fraction of sp³-hybridized carbons (Fsp3) is 0.600. The molecule has 0 bridgehead atoms. The van der Waals surface area contributed by atoms with Crippen molar-refractivity contribution in [2.45, 2.75) is 26.0 Å². The highest BCUT2D eigenvalue weighted by molar-refractivity contribution is 5.66. The van der Waals surface area contributed by atoms with Gasteiger partial charge < -0.3 is 15.4 Å². The van der Waals surface area contributed by atoms with Crippen LogP contribution in [-0.2, 0) is 4.74 Å². The molecule has 1 aromatic carbocycles. The second-order valence-electron chi connectivity index (χ2n) is 5.52. The zero-order valence-electron chi connectivity index (χ0n) is 12.2. The van der Waals surface area contributed by atoms with Gasteiger partial charge in [0, 0.05) is 32.7 Å². The van der Waals surface area contributed by atoms with E-state index in [9.17, 15) is 0 Å². The average molecular weight is 263 g/mol. The minimum absolute atomic E-state index is 0.251. The zero-order valence-corrected chi connectivity index (χ0v) is 12.2. The van der Waals surface area contributed by atoms with Crippen LogP contribution >= 0.6 is 0 Å². The van der Waals surface area contributed by atoms with Gasteiger partial charge in [0.25, 0.3) is 0 Å². The Bertz CT molecular complexity index is 408. The molecule has 1 aromatic rings. The summed E-state index contributed by atoms with van der Waals surface area (Å²) in [5, 5.41) is 0. The fourth-order valence-corrected chi connectivity index (χ4v) is 2.56. The van der Waals surface area contributed by atoms with Gasteiger partial charge in [0.15, 0.2) is 0 Å². The summed E-state index contributed by atoms with van der Waals surface area (Å²) in [6, 6.07) is 8.56. The minimum Gasteiger partial charge on any atom is -0.397 e. The first kappa shape index (κ1) is 14.2. The molecule has 0 aliphatic carbocycles. The molecule has 1 atom stereocenters. The van der Waals surface area contributed by atoms with Crippen molar-refractivity contribution >= 4 is 11.4 Å². The maximum absolute atomic E-state index is 6.01. The quantitative estimate of drug-likeness (QED) is 0.841. The molecule has 0 spiro atoms. The second kappa shape index (κ2) is 6.26. The third-order valence-electron chi connectivity index (χ3n) is 3.73. The number of rotatable bonds is 4. The van der Waals surface area contributed by atoms with Crippen LogP contribution in [-0.4, -0.2) is 50.3 Å². The van der Waals surface area contributed by atoms with Gasteiger partial charge in [-0.15, -0.1) is 0 Å². The summed E-state index contributed by atoms with van der Waals surface area (Å²) >= 11 is 0. The number of anilines is 2. The van der Waals surface area contributed by atoms with E-state index in [0.717, 1.165) is 37.6 Å². The largest absolute Gasteiger partial charge is 0.397 e. The van der Waals surface area contributed by atoms with Crippen molar-refractivity contribution in [3.8, 4) is 0 Å². The van der Waals surface area contributed by atoms with Crippen molar-refractivity contribution in [3.05, 3.63) is 24.3 Å². The molecule has 0 saturated carbocycles. The number of para-hydroxylation sites is 2. The number of nitrogen functional groups attached to an aromatic ring is 1. The lowest BCUT2D eigenvalue weighted by Crippen LogP contribution is -2.49. The molecule has 1 fully saturated rings. The summed E-state index contributed by atoms with van der Waals surface area (Å²) in [7, 11) is 2.07. The van der Waals surface area contributed by atoms with Gasteiger partial charge in [0.05, 0.1) is 24.1 Å². The van der Waals surface area contributed by atoms with Crippen molar-refractivity contribution < 1.29 is 4.74 Å². The monoisotopic (exact) mass is 263 g/mol. The lowest BCUT2D eigenvalue weighted by molar-refractivity contribution is -0.0338. The number of hydrogen-bond acceptors (Lipinski definition) is 4. The number of morpholine rings is 1. The molecule has 2 rings (SSSR count). The van der Waals surface area contributed by atoms with Gasteiger partial charge in [-0.05, 0) is 26.0 Å². The van der Waals surface area contributed by atoms with Crippen LogP contribution in [0.1, 0.15) is 13.8 Å². The van der Waals surface area contributed by atoms with E-state index in [0.29, 0.717) is 6.04 Å². The molecule has 19 heavy (non-hydrogen) atoms. The molecule has 2 N–H and O–H groups in total. The summed E-state index contributed by atoms with van der Waals surface area (Å²) in [4.78, 5) is 4.65. The zero-order chi connectivity index (χ0) is 13.8. The van der Waals surface area contributed by atoms with Crippen molar-refractivity contribution in [3.63, 3.8) is 0 Å². The van der Waals surface area contributed by atoms with Crippen molar-refractivity contribution in [1.82, 2.24) is 4.90 Å². The maximum Gasteiger partial charge on any atom is 0.0877 e. The Morgan fingerprint density at radius 3 is 2.84 bits per heavy atom. The summed E-state index contributed by atoms with van der Waals surface area (Å²) < 4.78 is 5.87. The topological polar surface area (TPSA) is 41.7 Å². The van der Waals surface area contributed by atoms with E-state index in [2.05, 4.69) is 36.8 Å². The third-order valence-corrected chi connectivity index (χ3v) is 3.73. The van der Waals surface area contributed by atoms with E-state index in [1.165, 1.54) is 0 Å². The van der Waals surface area contributed by atoms with Crippen LogP contribution < -0.4 is 10.6 Å². The van der Waals surface area contributed by atoms with Crippen LogP contribution in [0.15, 0.2) is 24.3 Å². The molecule has 1 heterocycles. The van der Waals surface area contributed by atoms with Crippen LogP contribution in [0, 0.1) is 0 Å². The molecule has 0 aromatic heterocycles. The molecule has 106 valence electrons. The van der Waals surface area contributed by atoms with E-state index in [4.69, 9.17) is 10.5 Å². The van der Waals surface area contributed by atoms with Gasteiger partial charge in [0.1, 0.15) is 0 Å². The molecule has 4 nitrogen and oxygen atoms in total. The Kier molecular flexibility index (Phi) is 4.66. The van der Waals surface area contributed by atoms with Crippen LogP contribution in [0.2, 0.25) is 0 Å². The number of nitrogens with zero attached hydrogens (tertiary/aromatic N) is 2. The van der Waals surface area contributed by atoms with Crippen molar-refractivity contribution in [1.29, 1.82) is 0 Å². The van der Waals surface area contributed by atoms with Gasteiger partial charge in [0.2, 0.25) is 0 Å². The van der Waals surface area contributed by atoms with E-state index >= 15 is 0 Å². The predicted octanol–water partition coefficient (Wildman–Crippen LogP) is 1.81. The molecular weight excluding hydrogens is 238 g/mol. The Balaban J connectivity index is 1.95. The number of likely N-dealkylation sites (N-methyl/N-ethyl adjacent to an activating group) is 1. The summed E-state index contributed by atoms with van der Waals surface area (Å²) in [6.07, 6.45) is 0.251. The molecular formula is C15H25N3O. The fourth-order valence-electron chi connectivity index (χ4n) is 2.56. The summed E-state index contributed by atoms with van der Waals surface area (Å²) in [6.45, 7) is 8.20. The third kappa shape index (κ3) is 3.61. The van der Waals surface area contributed by atoms with Gasteiger partial charge in [-0.1, -0.05) is 12.1 Å². The predicted molar refractivity (Wildman–Crippen MR) is 80.6 cm³/mol. The highest BCUT2D eigenvalue weighted by Gasteiger charge is 2.23. The van der Waals surface area contributed by atoms with Crippen LogP contribution in [0.3, 0.4) is 0 Å². The SMILES string of the molecule is CC(C)N1CCOC(CN(C)c2ccccc2N)C1. The molecule has 4 heteroatoms. The number of nitrogens with two attached hydrogens (primary N) is 1. The Morgan fingerprint density at radius 2 is 2.16 bits per heavy atom. The highest BCUT2D eigenvalue weighted by atomic mass is 16.5. The Morgan fingerprint density at radius 1 is 1.42 bits per heavy atom. The van der Waals surface area contributed by atoms with Crippen LogP contribution in [0.4, 0.5) is 11.4 Å². The minimum atomic E-state index is 0.251. The Hall–Kier alpha value is -1.26. The van der Waals surface area contributed by atoms with E-state index in [1.807, 2.05) is 18.2 Å². The smallest absolute Gasteiger partial charge is 0.0877 e. The van der Waals surface area contributed by atoms with E-state index in [1.54, 1.807) is 0 Å². The molecule has 0 amide bonds.